The van der Waals surface area contributed by atoms with Crippen LogP contribution in [0.2, 0.25) is 0 Å². The first-order valence-electron chi connectivity index (χ1n) is 9.65. The van der Waals surface area contributed by atoms with Crippen molar-refractivity contribution in [3.05, 3.63) is 53.1 Å². The van der Waals surface area contributed by atoms with Gasteiger partial charge in [0.05, 0.1) is 20.8 Å². The molecule has 0 spiro atoms. The minimum Gasteiger partial charge on any atom is -0.493 e. The maximum Gasteiger partial charge on any atom is 0.194 e. The molecular weight excluding hydrogens is 354 g/mol. The van der Waals surface area contributed by atoms with E-state index in [1.54, 1.807) is 14.2 Å². The third kappa shape index (κ3) is 3.59. The van der Waals surface area contributed by atoms with Gasteiger partial charge in [-0.15, -0.1) is 0 Å². The maximum absolute atomic E-state index is 6.03. The summed E-state index contributed by atoms with van der Waals surface area (Å²) in [6.45, 7) is 2.44. The lowest BCUT2D eigenvalue weighted by atomic mass is 9.99. The van der Waals surface area contributed by atoms with Gasteiger partial charge in [-0.1, -0.05) is 18.2 Å². The third-order valence-electron chi connectivity index (χ3n) is 5.43. The zero-order valence-corrected chi connectivity index (χ0v) is 16.7. The highest BCUT2D eigenvalue weighted by molar-refractivity contribution is 5.80. The summed E-state index contributed by atoms with van der Waals surface area (Å²) in [6.07, 6.45) is 2.01. The van der Waals surface area contributed by atoms with Crippen LogP contribution in [0.3, 0.4) is 0 Å². The van der Waals surface area contributed by atoms with Gasteiger partial charge in [0.25, 0.3) is 0 Å². The fourth-order valence-electron chi connectivity index (χ4n) is 3.97. The average Bonchev–Trinajstić information content (AvgIpc) is 3.16. The topological polar surface area (TPSA) is 55.3 Å². The molecular formula is C22H27N3O3. The maximum atomic E-state index is 6.03. The lowest BCUT2D eigenvalue weighted by Gasteiger charge is -2.32. The van der Waals surface area contributed by atoms with Crippen molar-refractivity contribution in [1.29, 1.82) is 0 Å². The largest absolute Gasteiger partial charge is 0.493 e. The number of fused-ring (bicyclic) bond motifs is 2. The summed E-state index contributed by atoms with van der Waals surface area (Å²) in [5.41, 5.74) is 3.83. The molecule has 0 aliphatic carbocycles. The molecule has 1 N–H and O–H groups in total. The summed E-state index contributed by atoms with van der Waals surface area (Å²) in [6, 6.07) is 12.4. The Morgan fingerprint density at radius 2 is 1.89 bits per heavy atom. The molecule has 2 aliphatic rings. The highest BCUT2D eigenvalue weighted by Gasteiger charge is 2.25. The van der Waals surface area contributed by atoms with Crippen molar-refractivity contribution >= 4 is 5.96 Å². The van der Waals surface area contributed by atoms with Crippen LogP contribution in [-0.4, -0.2) is 51.3 Å². The molecule has 4 rings (SSSR count). The van der Waals surface area contributed by atoms with Crippen LogP contribution in [0.15, 0.2) is 41.4 Å². The van der Waals surface area contributed by atoms with Crippen LogP contribution in [0.1, 0.15) is 16.7 Å². The first-order valence-corrected chi connectivity index (χ1v) is 9.65. The molecule has 2 heterocycles. The lowest BCUT2D eigenvalue weighted by molar-refractivity contribution is 0.232. The third-order valence-corrected chi connectivity index (χ3v) is 5.43. The number of nitrogens with zero attached hydrogens (tertiary/aromatic N) is 2. The number of guanidine groups is 1. The Balaban J connectivity index is 1.40. The number of methoxy groups -OCH3 is 2. The molecule has 6 nitrogen and oxygen atoms in total. The van der Waals surface area contributed by atoms with E-state index in [0.717, 1.165) is 55.7 Å². The van der Waals surface area contributed by atoms with Crippen LogP contribution >= 0.6 is 0 Å². The number of benzene rings is 2. The van der Waals surface area contributed by atoms with Crippen LogP contribution in [0, 0.1) is 0 Å². The van der Waals surface area contributed by atoms with Crippen LogP contribution < -0.4 is 19.5 Å². The zero-order chi connectivity index (χ0) is 19.5. The molecule has 2 aromatic rings. The van der Waals surface area contributed by atoms with E-state index in [9.17, 15) is 0 Å². The van der Waals surface area contributed by atoms with Gasteiger partial charge in [0.15, 0.2) is 17.5 Å². The predicted molar refractivity (Wildman–Crippen MR) is 110 cm³/mol. The van der Waals surface area contributed by atoms with E-state index >= 15 is 0 Å². The Labute approximate surface area is 166 Å². The molecule has 148 valence electrons. The number of hydrogen-bond acceptors (Lipinski definition) is 4. The van der Waals surface area contributed by atoms with Crippen molar-refractivity contribution in [1.82, 2.24) is 10.2 Å². The van der Waals surface area contributed by atoms with Gasteiger partial charge >= 0.3 is 0 Å². The van der Waals surface area contributed by atoms with Crippen molar-refractivity contribution in [3.63, 3.8) is 0 Å². The fourth-order valence-corrected chi connectivity index (χ4v) is 3.97. The molecule has 0 radical (unpaired) electrons. The summed E-state index contributed by atoms with van der Waals surface area (Å²) in [5, 5.41) is 3.49. The van der Waals surface area contributed by atoms with E-state index in [1.165, 1.54) is 16.7 Å². The first-order chi connectivity index (χ1) is 13.7. The summed E-state index contributed by atoms with van der Waals surface area (Å²) in [4.78, 5) is 6.77. The van der Waals surface area contributed by atoms with Crippen molar-refractivity contribution in [2.24, 2.45) is 4.99 Å². The molecule has 0 aromatic heterocycles. The second kappa shape index (κ2) is 8.00. The van der Waals surface area contributed by atoms with E-state index in [-0.39, 0.29) is 6.10 Å². The molecule has 1 atom stereocenters. The van der Waals surface area contributed by atoms with E-state index < -0.39 is 0 Å². The normalized spacial score (nSPS) is 18.2. The van der Waals surface area contributed by atoms with E-state index in [0.29, 0.717) is 0 Å². The molecule has 2 aliphatic heterocycles. The molecule has 0 saturated heterocycles. The molecule has 0 fully saturated rings. The van der Waals surface area contributed by atoms with E-state index in [2.05, 4.69) is 39.5 Å². The van der Waals surface area contributed by atoms with E-state index in [1.807, 2.05) is 19.2 Å². The van der Waals surface area contributed by atoms with Gasteiger partial charge in [-0.25, -0.2) is 0 Å². The Hall–Kier alpha value is -2.89. The van der Waals surface area contributed by atoms with Crippen molar-refractivity contribution < 1.29 is 14.2 Å². The Morgan fingerprint density at radius 1 is 1.14 bits per heavy atom. The van der Waals surface area contributed by atoms with Gasteiger partial charge in [0, 0.05) is 26.6 Å². The highest BCUT2D eigenvalue weighted by Crippen LogP contribution is 2.33. The van der Waals surface area contributed by atoms with Crippen molar-refractivity contribution in [2.75, 3.05) is 34.4 Å². The second-order valence-corrected chi connectivity index (χ2v) is 7.13. The van der Waals surface area contributed by atoms with E-state index in [4.69, 9.17) is 14.2 Å². The van der Waals surface area contributed by atoms with Gasteiger partial charge in [-0.2, -0.15) is 0 Å². The number of para-hydroxylation sites is 1. The molecule has 1 unspecified atom stereocenters. The minimum absolute atomic E-state index is 0.135. The quantitative estimate of drug-likeness (QED) is 0.652. The number of nitrogens with one attached hydrogen (secondary N) is 1. The van der Waals surface area contributed by atoms with Crippen molar-refractivity contribution in [3.8, 4) is 17.2 Å². The monoisotopic (exact) mass is 381 g/mol. The van der Waals surface area contributed by atoms with Crippen LogP contribution in [0.5, 0.6) is 17.2 Å². The molecule has 6 heteroatoms. The Bertz CT molecular complexity index is 856. The number of aliphatic imine (C=N–C) groups is 1. The first kappa shape index (κ1) is 18.5. The summed E-state index contributed by atoms with van der Waals surface area (Å²) in [7, 11) is 5.18. The predicted octanol–water partition coefficient (Wildman–Crippen LogP) is 2.64. The van der Waals surface area contributed by atoms with Crippen LogP contribution in [0.4, 0.5) is 0 Å². The molecule has 0 amide bonds. The fraction of sp³-hybridized carbons (Fsp3) is 0.409. The average molecular weight is 381 g/mol. The lowest BCUT2D eigenvalue weighted by Crippen LogP contribution is -2.46. The van der Waals surface area contributed by atoms with Gasteiger partial charge in [-0.05, 0) is 41.3 Å². The number of hydrogen-bond donors (Lipinski definition) is 1. The van der Waals surface area contributed by atoms with Gasteiger partial charge in [0.1, 0.15) is 11.9 Å². The van der Waals surface area contributed by atoms with Gasteiger partial charge in [-0.3, -0.25) is 4.99 Å². The van der Waals surface area contributed by atoms with Gasteiger partial charge < -0.3 is 24.4 Å². The summed E-state index contributed by atoms with van der Waals surface area (Å²) < 4.78 is 16.9. The van der Waals surface area contributed by atoms with Crippen LogP contribution in [-0.2, 0) is 19.4 Å². The highest BCUT2D eigenvalue weighted by atomic mass is 16.5. The van der Waals surface area contributed by atoms with Crippen molar-refractivity contribution in [2.45, 2.75) is 25.5 Å². The molecule has 0 bridgehead atoms. The SMILES string of the molecule is CN=C(NCC1Cc2ccccc2O1)N1CCc2cc(OC)c(OC)cc2C1. The molecule has 2 aromatic carbocycles. The standard InChI is InChI=1S/C22H27N3O3/c1-23-22(24-13-18-10-16-6-4-5-7-19(16)28-18)25-9-8-15-11-20(26-2)21(27-3)12-17(15)14-25/h4-7,11-12,18H,8-10,13-14H2,1-3H3,(H,23,24). The number of rotatable bonds is 4. The van der Waals surface area contributed by atoms with Gasteiger partial charge in [0.2, 0.25) is 0 Å². The Morgan fingerprint density at radius 3 is 2.61 bits per heavy atom. The molecule has 28 heavy (non-hydrogen) atoms. The molecule has 0 saturated carbocycles. The summed E-state index contributed by atoms with van der Waals surface area (Å²) >= 11 is 0. The smallest absolute Gasteiger partial charge is 0.194 e. The Kier molecular flexibility index (Phi) is 5.28. The second-order valence-electron chi connectivity index (χ2n) is 7.13. The zero-order valence-electron chi connectivity index (χ0n) is 16.7. The summed E-state index contributed by atoms with van der Waals surface area (Å²) in [5.74, 6) is 3.45. The number of ether oxygens (including phenoxy) is 3. The minimum atomic E-state index is 0.135. The van der Waals surface area contributed by atoms with Crippen LogP contribution in [0.25, 0.3) is 0 Å².